The van der Waals surface area contributed by atoms with Crippen molar-refractivity contribution in [1.29, 1.82) is 0 Å². The monoisotopic (exact) mass is 199 g/mol. The number of aryl methyl sites for hydroxylation is 2. The van der Waals surface area contributed by atoms with E-state index in [1.807, 2.05) is 0 Å². The average Bonchev–Trinajstić information content (AvgIpc) is 2.15. The summed E-state index contributed by atoms with van der Waals surface area (Å²) in [6, 6.07) is 4.44. The molecule has 1 rings (SSSR count). The molecular formula is C11H18ClN. The average molecular weight is 200 g/mol. The van der Waals surface area contributed by atoms with E-state index < -0.39 is 0 Å². The zero-order valence-corrected chi connectivity index (χ0v) is 9.22. The molecule has 0 aliphatic carbocycles. The Morgan fingerprint density at radius 1 is 1.15 bits per heavy atom. The molecule has 2 heteroatoms. The van der Waals surface area contributed by atoms with Gasteiger partial charge >= 0.3 is 0 Å². The fourth-order valence-corrected chi connectivity index (χ4v) is 1.25. The van der Waals surface area contributed by atoms with Crippen molar-refractivity contribution in [3.8, 4) is 0 Å². The predicted molar refractivity (Wildman–Crippen MR) is 50.9 cm³/mol. The third kappa shape index (κ3) is 4.28. The van der Waals surface area contributed by atoms with Gasteiger partial charge in [-0.3, -0.25) is 0 Å². The predicted octanol–water partition coefficient (Wildman–Crippen LogP) is -0.659. The van der Waals surface area contributed by atoms with Crippen molar-refractivity contribution in [2.24, 2.45) is 0 Å². The largest absolute Gasteiger partial charge is 1.00 e. The molecule has 1 nitrogen and oxygen atoms in total. The van der Waals surface area contributed by atoms with E-state index in [0.29, 0.717) is 0 Å². The minimum absolute atomic E-state index is 0. The van der Waals surface area contributed by atoms with E-state index in [2.05, 4.69) is 42.9 Å². The third-order valence-corrected chi connectivity index (χ3v) is 2.14. The van der Waals surface area contributed by atoms with E-state index >= 15 is 0 Å². The standard InChI is InChI=1S/C11H18N.ClH/c1-3-5-6-11-7-9-12(4-2)10-8-11;/h7-10H,3-6H2,1-2H3;1H/q+1;/p-1. The van der Waals surface area contributed by atoms with Gasteiger partial charge in [0.15, 0.2) is 12.4 Å². The topological polar surface area (TPSA) is 3.88 Å². The second-order valence-electron chi connectivity index (χ2n) is 3.14. The minimum Gasteiger partial charge on any atom is -1.00 e. The number of hydrogen-bond donors (Lipinski definition) is 0. The molecule has 13 heavy (non-hydrogen) atoms. The SMILES string of the molecule is CCCCc1cc[n+](CC)cc1.[Cl-]. The molecule has 0 aliphatic heterocycles. The van der Waals surface area contributed by atoms with Gasteiger partial charge in [0.1, 0.15) is 6.54 Å². The van der Waals surface area contributed by atoms with Crippen LogP contribution in [0.4, 0.5) is 0 Å². The van der Waals surface area contributed by atoms with E-state index in [-0.39, 0.29) is 12.4 Å². The molecule has 0 saturated heterocycles. The maximum Gasteiger partial charge on any atom is 0.169 e. The molecule has 0 aliphatic rings. The van der Waals surface area contributed by atoms with Crippen LogP contribution in [-0.2, 0) is 13.0 Å². The van der Waals surface area contributed by atoms with Crippen LogP contribution in [0.25, 0.3) is 0 Å². The quantitative estimate of drug-likeness (QED) is 0.567. The van der Waals surface area contributed by atoms with Crippen LogP contribution in [0.1, 0.15) is 32.3 Å². The zero-order valence-electron chi connectivity index (χ0n) is 8.46. The summed E-state index contributed by atoms with van der Waals surface area (Å²) in [4.78, 5) is 0. The normalized spacial score (nSPS) is 9.38. The Kier molecular flexibility index (Phi) is 6.61. The molecule has 0 spiro atoms. The second-order valence-corrected chi connectivity index (χ2v) is 3.14. The molecule has 1 aromatic heterocycles. The molecule has 0 radical (unpaired) electrons. The molecule has 0 amide bonds. The summed E-state index contributed by atoms with van der Waals surface area (Å²) in [5.41, 5.74) is 1.46. The first kappa shape index (κ1) is 12.4. The maximum absolute atomic E-state index is 2.23. The van der Waals surface area contributed by atoms with Crippen LogP contribution in [0.2, 0.25) is 0 Å². The lowest BCUT2D eigenvalue weighted by Gasteiger charge is -1.97. The number of aromatic nitrogens is 1. The van der Waals surface area contributed by atoms with Gasteiger partial charge in [-0.2, -0.15) is 0 Å². The third-order valence-electron chi connectivity index (χ3n) is 2.14. The van der Waals surface area contributed by atoms with Crippen LogP contribution >= 0.6 is 0 Å². The Hall–Kier alpha value is -0.560. The fraction of sp³-hybridized carbons (Fsp3) is 0.545. The van der Waals surface area contributed by atoms with Crippen LogP contribution in [0.15, 0.2) is 24.5 Å². The summed E-state index contributed by atoms with van der Waals surface area (Å²) in [6.45, 7) is 5.45. The first-order chi connectivity index (χ1) is 5.86. The molecule has 1 heterocycles. The number of halogens is 1. The molecule has 0 bridgehead atoms. The molecule has 0 saturated carbocycles. The number of pyridine rings is 1. The summed E-state index contributed by atoms with van der Waals surface area (Å²) in [5.74, 6) is 0. The molecule has 1 aromatic rings. The van der Waals surface area contributed by atoms with Gasteiger partial charge in [0.25, 0.3) is 0 Å². The molecule has 0 atom stereocenters. The van der Waals surface area contributed by atoms with Crippen molar-refractivity contribution in [1.82, 2.24) is 0 Å². The van der Waals surface area contributed by atoms with E-state index in [0.717, 1.165) is 6.54 Å². The van der Waals surface area contributed by atoms with E-state index in [1.54, 1.807) is 0 Å². The van der Waals surface area contributed by atoms with Gasteiger partial charge in [-0.1, -0.05) is 13.3 Å². The van der Waals surface area contributed by atoms with Crippen molar-refractivity contribution < 1.29 is 17.0 Å². The van der Waals surface area contributed by atoms with Crippen LogP contribution in [0.3, 0.4) is 0 Å². The van der Waals surface area contributed by atoms with E-state index in [9.17, 15) is 0 Å². The second kappa shape index (κ2) is 6.90. The summed E-state index contributed by atoms with van der Waals surface area (Å²) < 4.78 is 2.19. The van der Waals surface area contributed by atoms with Crippen LogP contribution in [-0.4, -0.2) is 0 Å². The van der Waals surface area contributed by atoms with E-state index in [4.69, 9.17) is 0 Å². The van der Waals surface area contributed by atoms with Crippen LogP contribution in [0, 0.1) is 0 Å². The van der Waals surface area contributed by atoms with Crippen LogP contribution in [0.5, 0.6) is 0 Å². The van der Waals surface area contributed by atoms with Crippen LogP contribution < -0.4 is 17.0 Å². The molecule has 0 fully saturated rings. The Balaban J connectivity index is 0.00000144. The number of rotatable bonds is 4. The first-order valence-electron chi connectivity index (χ1n) is 4.84. The van der Waals surface area contributed by atoms with Gasteiger partial charge in [-0.05, 0) is 25.3 Å². The van der Waals surface area contributed by atoms with Gasteiger partial charge in [-0.25, -0.2) is 4.57 Å². The summed E-state index contributed by atoms with van der Waals surface area (Å²) in [5, 5.41) is 0. The lowest BCUT2D eigenvalue weighted by atomic mass is 10.1. The minimum atomic E-state index is 0. The molecule has 0 N–H and O–H groups in total. The Labute approximate surface area is 87.2 Å². The Bertz CT molecular complexity index is 218. The molecule has 0 aromatic carbocycles. The molecule has 0 unspecified atom stereocenters. The van der Waals surface area contributed by atoms with Gasteiger partial charge in [0.2, 0.25) is 0 Å². The summed E-state index contributed by atoms with van der Waals surface area (Å²) in [7, 11) is 0. The highest BCUT2D eigenvalue weighted by molar-refractivity contribution is 5.06. The van der Waals surface area contributed by atoms with Crippen molar-refractivity contribution in [2.75, 3.05) is 0 Å². The molecule has 74 valence electrons. The molecular weight excluding hydrogens is 182 g/mol. The highest BCUT2D eigenvalue weighted by Gasteiger charge is 1.96. The van der Waals surface area contributed by atoms with Gasteiger partial charge in [0.05, 0.1) is 0 Å². The zero-order chi connectivity index (χ0) is 8.81. The Morgan fingerprint density at radius 2 is 1.77 bits per heavy atom. The van der Waals surface area contributed by atoms with Gasteiger partial charge in [-0.15, -0.1) is 0 Å². The summed E-state index contributed by atoms with van der Waals surface area (Å²) >= 11 is 0. The fourth-order valence-electron chi connectivity index (χ4n) is 1.25. The maximum atomic E-state index is 2.23. The number of unbranched alkanes of at least 4 members (excludes halogenated alkanes) is 1. The lowest BCUT2D eigenvalue weighted by molar-refractivity contribution is -0.693. The first-order valence-corrected chi connectivity index (χ1v) is 4.84. The van der Waals surface area contributed by atoms with Crippen molar-refractivity contribution in [3.05, 3.63) is 30.1 Å². The lowest BCUT2D eigenvalue weighted by Crippen LogP contribution is -3.00. The summed E-state index contributed by atoms with van der Waals surface area (Å²) in [6.07, 6.45) is 8.12. The van der Waals surface area contributed by atoms with E-state index in [1.165, 1.54) is 24.8 Å². The van der Waals surface area contributed by atoms with Gasteiger partial charge in [0, 0.05) is 12.1 Å². The number of hydrogen-bond acceptors (Lipinski definition) is 0. The van der Waals surface area contributed by atoms with Crippen molar-refractivity contribution in [3.63, 3.8) is 0 Å². The highest BCUT2D eigenvalue weighted by atomic mass is 35.5. The highest BCUT2D eigenvalue weighted by Crippen LogP contribution is 2.01. The van der Waals surface area contributed by atoms with Crippen molar-refractivity contribution >= 4 is 0 Å². The Morgan fingerprint density at radius 3 is 2.23 bits per heavy atom. The van der Waals surface area contributed by atoms with Crippen molar-refractivity contribution in [2.45, 2.75) is 39.7 Å². The number of nitrogens with zero attached hydrogens (tertiary/aromatic N) is 1. The van der Waals surface area contributed by atoms with Gasteiger partial charge < -0.3 is 12.4 Å². The smallest absolute Gasteiger partial charge is 0.169 e.